The summed E-state index contributed by atoms with van der Waals surface area (Å²) < 4.78 is 7.34. The molecular weight excluding hydrogens is 356 g/mol. The van der Waals surface area contributed by atoms with Gasteiger partial charge in [-0.3, -0.25) is 4.57 Å². The standard InChI is InChI=1S/C16H24N6O3S/c1-8-12(23)13(24)16(25-8)22-7-18-11-14(17-3)19-10(20-15(11)22)5-6-21(4)9(2)26/h7-8,12-13,16,23-24H,5-6H2,1-4H3,(H,17,19,20). The lowest BCUT2D eigenvalue weighted by Gasteiger charge is -2.18. The minimum absolute atomic E-state index is 0.475. The Morgan fingerprint density at radius 1 is 1.38 bits per heavy atom. The Morgan fingerprint density at radius 2 is 2.12 bits per heavy atom. The van der Waals surface area contributed by atoms with Gasteiger partial charge in [0.2, 0.25) is 0 Å². The summed E-state index contributed by atoms with van der Waals surface area (Å²) in [7, 11) is 3.69. The quantitative estimate of drug-likeness (QED) is 0.632. The molecule has 0 aromatic carbocycles. The highest BCUT2D eigenvalue weighted by Gasteiger charge is 2.42. The van der Waals surface area contributed by atoms with Crippen LogP contribution in [0.5, 0.6) is 0 Å². The third kappa shape index (κ3) is 3.37. The van der Waals surface area contributed by atoms with Gasteiger partial charge in [0.05, 0.1) is 17.4 Å². The van der Waals surface area contributed by atoms with Crippen LogP contribution in [0, 0.1) is 0 Å². The van der Waals surface area contributed by atoms with E-state index in [9.17, 15) is 10.2 Å². The number of thiocarbonyl (C=S) groups is 1. The maximum atomic E-state index is 10.3. The van der Waals surface area contributed by atoms with Gasteiger partial charge in [-0.05, 0) is 13.8 Å². The predicted octanol–water partition coefficient (Wildman–Crippen LogP) is 0.329. The number of likely N-dealkylation sites (N-methyl/N-ethyl adjacent to an activating group) is 1. The molecule has 0 aliphatic carbocycles. The Kier molecular flexibility index (Phi) is 5.37. The third-order valence-electron chi connectivity index (χ3n) is 4.66. The van der Waals surface area contributed by atoms with Gasteiger partial charge in [-0.25, -0.2) is 15.0 Å². The van der Waals surface area contributed by atoms with E-state index in [1.165, 1.54) is 0 Å². The summed E-state index contributed by atoms with van der Waals surface area (Å²) in [6.07, 6.45) is -1.08. The monoisotopic (exact) mass is 380 g/mol. The van der Waals surface area contributed by atoms with E-state index in [2.05, 4.69) is 20.3 Å². The van der Waals surface area contributed by atoms with Gasteiger partial charge in [0.1, 0.15) is 18.0 Å². The zero-order valence-corrected chi connectivity index (χ0v) is 16.1. The number of nitrogens with one attached hydrogen (secondary N) is 1. The maximum absolute atomic E-state index is 10.3. The highest BCUT2D eigenvalue weighted by Crippen LogP contribution is 2.32. The second-order valence-electron chi connectivity index (χ2n) is 6.47. The summed E-state index contributed by atoms with van der Waals surface area (Å²) >= 11 is 5.16. The number of hydrogen-bond acceptors (Lipinski definition) is 8. The summed E-state index contributed by atoms with van der Waals surface area (Å²) in [5, 5.41) is 23.3. The molecule has 1 fully saturated rings. The highest BCUT2D eigenvalue weighted by atomic mass is 32.1. The summed E-state index contributed by atoms with van der Waals surface area (Å²) in [6.45, 7) is 4.28. The Bertz CT molecular complexity index is 813. The van der Waals surface area contributed by atoms with E-state index in [0.717, 1.165) is 4.99 Å². The molecule has 1 aliphatic heterocycles. The first-order valence-electron chi connectivity index (χ1n) is 8.48. The van der Waals surface area contributed by atoms with Crippen LogP contribution in [-0.4, -0.2) is 78.6 Å². The van der Waals surface area contributed by atoms with Crippen LogP contribution >= 0.6 is 12.2 Å². The lowest BCUT2D eigenvalue weighted by Crippen LogP contribution is -2.30. The Balaban J connectivity index is 1.96. The van der Waals surface area contributed by atoms with Gasteiger partial charge in [0, 0.05) is 27.1 Å². The number of fused-ring (bicyclic) bond motifs is 1. The fourth-order valence-electron chi connectivity index (χ4n) is 2.92. The number of hydrogen-bond donors (Lipinski definition) is 3. The van der Waals surface area contributed by atoms with Crippen molar-refractivity contribution >= 4 is 34.2 Å². The maximum Gasteiger partial charge on any atom is 0.167 e. The van der Waals surface area contributed by atoms with E-state index in [0.29, 0.717) is 35.8 Å². The summed E-state index contributed by atoms with van der Waals surface area (Å²) in [5.41, 5.74) is 1.13. The molecule has 3 N–H and O–H groups in total. The highest BCUT2D eigenvalue weighted by molar-refractivity contribution is 7.80. The molecular formula is C16H24N6O3S. The minimum atomic E-state index is -1.05. The van der Waals surface area contributed by atoms with Gasteiger partial charge in [0.25, 0.3) is 0 Å². The van der Waals surface area contributed by atoms with E-state index in [-0.39, 0.29) is 0 Å². The minimum Gasteiger partial charge on any atom is -0.388 e. The molecule has 2 aromatic heterocycles. The van der Waals surface area contributed by atoms with Crippen LogP contribution in [0.1, 0.15) is 25.9 Å². The third-order valence-corrected chi connectivity index (χ3v) is 4.98. The summed E-state index contributed by atoms with van der Waals surface area (Å²) in [6, 6.07) is 0. The number of aliphatic hydroxyl groups is 2. The first-order chi connectivity index (χ1) is 12.3. The lowest BCUT2D eigenvalue weighted by atomic mass is 10.1. The van der Waals surface area contributed by atoms with Crippen LogP contribution in [0.25, 0.3) is 11.2 Å². The average molecular weight is 380 g/mol. The fourth-order valence-corrected chi connectivity index (χ4v) is 3.01. The SMILES string of the molecule is CNc1nc(CCN(C)C(C)=S)nc2c1ncn2C1OC(C)C(O)C1O. The van der Waals surface area contributed by atoms with Crippen LogP contribution in [0.2, 0.25) is 0 Å². The fraction of sp³-hybridized carbons (Fsp3) is 0.625. The van der Waals surface area contributed by atoms with Crippen molar-refractivity contribution in [3.63, 3.8) is 0 Å². The molecule has 0 saturated carbocycles. The molecule has 3 heterocycles. The van der Waals surface area contributed by atoms with Gasteiger partial charge in [-0.15, -0.1) is 0 Å². The molecule has 26 heavy (non-hydrogen) atoms. The number of ether oxygens (including phenoxy) is 1. The summed E-state index contributed by atoms with van der Waals surface area (Å²) in [4.78, 5) is 16.2. The molecule has 4 unspecified atom stereocenters. The van der Waals surface area contributed by atoms with Crippen molar-refractivity contribution in [2.24, 2.45) is 0 Å². The van der Waals surface area contributed by atoms with Crippen molar-refractivity contribution in [1.29, 1.82) is 0 Å². The van der Waals surface area contributed by atoms with Crippen molar-refractivity contribution in [2.75, 3.05) is 26.0 Å². The van der Waals surface area contributed by atoms with Gasteiger partial charge in [-0.1, -0.05) is 12.2 Å². The topological polar surface area (TPSA) is 109 Å². The van der Waals surface area contributed by atoms with Crippen molar-refractivity contribution in [3.8, 4) is 0 Å². The van der Waals surface area contributed by atoms with Crippen molar-refractivity contribution < 1.29 is 14.9 Å². The Labute approximate surface area is 157 Å². The molecule has 0 spiro atoms. The van der Waals surface area contributed by atoms with Crippen LogP contribution in [0.15, 0.2) is 6.33 Å². The van der Waals surface area contributed by atoms with Gasteiger partial charge in [0.15, 0.2) is 23.2 Å². The van der Waals surface area contributed by atoms with E-state index in [4.69, 9.17) is 17.0 Å². The zero-order valence-electron chi connectivity index (χ0n) is 15.2. The van der Waals surface area contributed by atoms with Gasteiger partial charge in [-0.2, -0.15) is 0 Å². The predicted molar refractivity (Wildman–Crippen MR) is 101 cm³/mol. The zero-order chi connectivity index (χ0) is 19.0. The number of nitrogens with zero attached hydrogens (tertiary/aromatic N) is 5. The summed E-state index contributed by atoms with van der Waals surface area (Å²) in [5.74, 6) is 1.24. The number of rotatable bonds is 5. The number of aromatic nitrogens is 4. The number of anilines is 1. The van der Waals surface area contributed by atoms with E-state index < -0.39 is 24.5 Å². The normalized spacial score (nSPS) is 25.6. The molecule has 142 valence electrons. The molecule has 10 heteroatoms. The first kappa shape index (κ1) is 18.9. The van der Waals surface area contributed by atoms with Crippen LogP contribution < -0.4 is 5.32 Å². The van der Waals surface area contributed by atoms with Crippen molar-refractivity contribution in [1.82, 2.24) is 24.4 Å². The van der Waals surface area contributed by atoms with Crippen LogP contribution in [0.3, 0.4) is 0 Å². The van der Waals surface area contributed by atoms with E-state index in [1.807, 2.05) is 18.9 Å². The van der Waals surface area contributed by atoms with Crippen molar-refractivity contribution in [2.45, 2.75) is 44.8 Å². The van der Waals surface area contributed by atoms with Gasteiger partial charge < -0.3 is 25.2 Å². The van der Waals surface area contributed by atoms with E-state index in [1.54, 1.807) is 24.9 Å². The first-order valence-corrected chi connectivity index (χ1v) is 8.88. The Hall–Kier alpha value is -1.88. The number of imidazole rings is 1. The molecule has 1 saturated heterocycles. The van der Waals surface area contributed by atoms with Crippen molar-refractivity contribution in [3.05, 3.63) is 12.2 Å². The Morgan fingerprint density at radius 3 is 2.69 bits per heavy atom. The smallest absolute Gasteiger partial charge is 0.167 e. The second kappa shape index (κ2) is 7.39. The molecule has 3 rings (SSSR count). The second-order valence-corrected chi connectivity index (χ2v) is 7.06. The van der Waals surface area contributed by atoms with Crippen LogP contribution in [0.4, 0.5) is 5.82 Å². The average Bonchev–Trinajstić information content (AvgIpc) is 3.15. The van der Waals surface area contributed by atoms with Crippen LogP contribution in [-0.2, 0) is 11.2 Å². The van der Waals surface area contributed by atoms with E-state index >= 15 is 0 Å². The molecule has 4 atom stereocenters. The van der Waals surface area contributed by atoms with Gasteiger partial charge >= 0.3 is 0 Å². The molecule has 1 aliphatic rings. The molecule has 0 bridgehead atoms. The molecule has 2 aromatic rings. The molecule has 9 nitrogen and oxygen atoms in total. The largest absolute Gasteiger partial charge is 0.388 e. The lowest BCUT2D eigenvalue weighted by molar-refractivity contribution is -0.0299. The molecule has 0 radical (unpaired) electrons. The number of aliphatic hydroxyl groups excluding tert-OH is 2. The molecule has 0 amide bonds.